The Morgan fingerprint density at radius 2 is 2.25 bits per heavy atom. The van der Waals surface area contributed by atoms with E-state index in [9.17, 15) is 9.59 Å². The van der Waals surface area contributed by atoms with Crippen LogP contribution in [0, 0.1) is 6.92 Å². The summed E-state index contributed by atoms with van der Waals surface area (Å²) < 4.78 is 9.59. The second-order valence-electron chi connectivity index (χ2n) is 6.25. The number of amidine groups is 1. The Balaban J connectivity index is 1.75. The van der Waals surface area contributed by atoms with Crippen molar-refractivity contribution in [1.82, 2.24) is 5.32 Å². The lowest BCUT2D eigenvalue weighted by molar-refractivity contribution is -0.147. The molecule has 6 nitrogen and oxygen atoms in total. The standard InChI is InChI=1S/C17H20N2O4S/c1-10(2)22-9-13-8-17(15(21)23-13)14(20)19-16(24-17)18-12-6-4-5-11(3)7-12/h4-7,10,13H,8-9H2,1-3H3,(H,18,19,20). The molecule has 0 aliphatic carbocycles. The predicted octanol–water partition coefficient (Wildman–Crippen LogP) is 2.32. The third-order valence-corrected chi connectivity index (χ3v) is 5.08. The molecule has 7 heteroatoms. The summed E-state index contributed by atoms with van der Waals surface area (Å²) in [5.74, 6) is -0.882. The van der Waals surface area contributed by atoms with Gasteiger partial charge in [-0.1, -0.05) is 23.9 Å². The van der Waals surface area contributed by atoms with Crippen molar-refractivity contribution in [1.29, 1.82) is 0 Å². The highest BCUT2D eigenvalue weighted by molar-refractivity contribution is 8.17. The van der Waals surface area contributed by atoms with Gasteiger partial charge in [-0.25, -0.2) is 9.79 Å². The number of rotatable bonds is 4. The molecule has 0 bridgehead atoms. The van der Waals surface area contributed by atoms with Crippen molar-refractivity contribution in [3.05, 3.63) is 29.8 Å². The van der Waals surface area contributed by atoms with Gasteiger partial charge in [-0.2, -0.15) is 0 Å². The molecule has 2 atom stereocenters. The molecule has 128 valence electrons. The minimum Gasteiger partial charge on any atom is -0.458 e. The molecule has 3 rings (SSSR count). The first-order chi connectivity index (χ1) is 11.4. The number of carbonyl (C=O) groups excluding carboxylic acids is 2. The average Bonchev–Trinajstić information content (AvgIpc) is 2.98. The number of amides is 1. The summed E-state index contributed by atoms with van der Waals surface area (Å²) in [6.45, 7) is 6.09. The summed E-state index contributed by atoms with van der Waals surface area (Å²) in [5.41, 5.74) is 1.81. The van der Waals surface area contributed by atoms with Crippen molar-refractivity contribution < 1.29 is 19.1 Å². The Hall–Kier alpha value is -1.86. The highest BCUT2D eigenvalue weighted by atomic mass is 32.2. The van der Waals surface area contributed by atoms with Crippen molar-refractivity contribution in [2.75, 3.05) is 6.61 Å². The first-order valence-electron chi connectivity index (χ1n) is 7.87. The summed E-state index contributed by atoms with van der Waals surface area (Å²) in [7, 11) is 0. The van der Waals surface area contributed by atoms with Crippen LogP contribution in [0.1, 0.15) is 25.8 Å². The van der Waals surface area contributed by atoms with E-state index in [1.807, 2.05) is 45.0 Å². The lowest BCUT2D eigenvalue weighted by atomic mass is 10.0. The second kappa shape index (κ2) is 6.57. The van der Waals surface area contributed by atoms with Crippen LogP contribution in [0.15, 0.2) is 29.3 Å². The molecule has 2 aliphatic rings. The quantitative estimate of drug-likeness (QED) is 0.667. The Bertz CT molecular complexity index is 704. The normalized spacial score (nSPS) is 28.0. The number of aliphatic imine (C=N–C) groups is 1. The number of benzene rings is 1. The molecule has 1 spiro atoms. The van der Waals surface area contributed by atoms with Crippen molar-refractivity contribution in [2.24, 2.45) is 4.99 Å². The summed E-state index contributed by atoms with van der Waals surface area (Å²) in [4.78, 5) is 29.1. The smallest absolute Gasteiger partial charge is 0.332 e. The van der Waals surface area contributed by atoms with Crippen molar-refractivity contribution in [3.63, 3.8) is 0 Å². The Morgan fingerprint density at radius 3 is 2.96 bits per heavy atom. The van der Waals surface area contributed by atoms with Gasteiger partial charge in [0, 0.05) is 6.42 Å². The molecule has 1 aromatic carbocycles. The minimum atomic E-state index is -1.24. The molecule has 2 saturated heterocycles. The average molecular weight is 348 g/mol. The number of nitrogens with zero attached hydrogens (tertiary/aromatic N) is 1. The van der Waals surface area contributed by atoms with Crippen LogP contribution in [0.5, 0.6) is 0 Å². The number of carbonyl (C=O) groups is 2. The van der Waals surface area contributed by atoms with Gasteiger partial charge in [0.15, 0.2) is 5.17 Å². The Labute approximate surface area is 145 Å². The topological polar surface area (TPSA) is 77.0 Å². The Morgan fingerprint density at radius 1 is 1.46 bits per heavy atom. The molecule has 0 radical (unpaired) electrons. The molecular weight excluding hydrogens is 328 g/mol. The fourth-order valence-corrected chi connectivity index (χ4v) is 3.82. The van der Waals surface area contributed by atoms with Crippen LogP contribution in [0.2, 0.25) is 0 Å². The second-order valence-corrected chi connectivity index (χ2v) is 7.54. The highest BCUT2D eigenvalue weighted by Gasteiger charge is 2.60. The molecule has 1 aromatic rings. The lowest BCUT2D eigenvalue weighted by Gasteiger charge is -2.13. The lowest BCUT2D eigenvalue weighted by Crippen LogP contribution is -2.40. The van der Waals surface area contributed by atoms with Crippen LogP contribution in [-0.4, -0.2) is 40.6 Å². The van der Waals surface area contributed by atoms with E-state index >= 15 is 0 Å². The first-order valence-corrected chi connectivity index (χ1v) is 8.69. The summed E-state index contributed by atoms with van der Waals surface area (Å²) >= 11 is 1.13. The molecule has 24 heavy (non-hydrogen) atoms. The van der Waals surface area contributed by atoms with E-state index in [-0.39, 0.29) is 12.0 Å². The summed E-state index contributed by atoms with van der Waals surface area (Å²) in [6.07, 6.45) is -0.0674. The van der Waals surface area contributed by atoms with Crippen LogP contribution in [0.3, 0.4) is 0 Å². The van der Waals surface area contributed by atoms with E-state index in [1.165, 1.54) is 0 Å². The SMILES string of the molecule is Cc1cccc(N=C2NC(=O)C3(CC(COC(C)C)OC3=O)S2)c1. The third kappa shape index (κ3) is 3.32. The van der Waals surface area contributed by atoms with E-state index in [2.05, 4.69) is 10.3 Å². The fourth-order valence-electron chi connectivity index (χ4n) is 2.65. The molecule has 2 unspecified atom stereocenters. The zero-order valence-corrected chi connectivity index (χ0v) is 14.7. The van der Waals surface area contributed by atoms with E-state index in [1.54, 1.807) is 0 Å². The maximum Gasteiger partial charge on any atom is 0.332 e. The first kappa shape index (κ1) is 17.0. The largest absolute Gasteiger partial charge is 0.458 e. The van der Waals surface area contributed by atoms with E-state index < -0.39 is 16.8 Å². The number of esters is 1. The zero-order chi connectivity index (χ0) is 17.3. The monoisotopic (exact) mass is 348 g/mol. The van der Waals surface area contributed by atoms with Gasteiger partial charge in [-0.3, -0.25) is 4.79 Å². The molecule has 0 aromatic heterocycles. The van der Waals surface area contributed by atoms with Gasteiger partial charge in [-0.15, -0.1) is 0 Å². The number of hydrogen-bond donors (Lipinski definition) is 1. The fraction of sp³-hybridized carbons (Fsp3) is 0.471. The predicted molar refractivity (Wildman–Crippen MR) is 92.3 cm³/mol. The maximum atomic E-state index is 12.4. The third-order valence-electron chi connectivity index (χ3n) is 3.82. The molecule has 0 saturated carbocycles. The molecule has 2 fully saturated rings. The van der Waals surface area contributed by atoms with Gasteiger partial charge < -0.3 is 14.8 Å². The van der Waals surface area contributed by atoms with E-state index in [0.717, 1.165) is 23.0 Å². The van der Waals surface area contributed by atoms with E-state index in [4.69, 9.17) is 9.47 Å². The van der Waals surface area contributed by atoms with Crippen LogP contribution in [0.25, 0.3) is 0 Å². The number of thioether (sulfide) groups is 1. The van der Waals surface area contributed by atoms with Crippen molar-refractivity contribution >= 4 is 34.5 Å². The van der Waals surface area contributed by atoms with Gasteiger partial charge in [-0.05, 0) is 38.5 Å². The summed E-state index contributed by atoms with van der Waals surface area (Å²) in [6, 6.07) is 7.63. The van der Waals surface area contributed by atoms with Crippen LogP contribution in [0.4, 0.5) is 5.69 Å². The molecule has 2 heterocycles. The van der Waals surface area contributed by atoms with Gasteiger partial charge in [0.2, 0.25) is 4.75 Å². The number of ether oxygens (including phenoxy) is 2. The van der Waals surface area contributed by atoms with Crippen molar-refractivity contribution in [2.45, 2.75) is 44.1 Å². The number of cyclic esters (lactones) is 1. The number of aryl methyl sites for hydroxylation is 1. The van der Waals surface area contributed by atoms with Crippen LogP contribution >= 0.6 is 11.8 Å². The molecule has 2 aliphatic heterocycles. The molecule has 1 amide bonds. The van der Waals surface area contributed by atoms with Crippen LogP contribution in [-0.2, 0) is 19.1 Å². The molecule has 1 N–H and O–H groups in total. The highest BCUT2D eigenvalue weighted by Crippen LogP contribution is 2.43. The number of nitrogens with one attached hydrogen (secondary N) is 1. The van der Waals surface area contributed by atoms with Crippen LogP contribution < -0.4 is 5.32 Å². The van der Waals surface area contributed by atoms with Gasteiger partial charge in [0.1, 0.15) is 6.10 Å². The molecular formula is C17H20N2O4S. The van der Waals surface area contributed by atoms with Gasteiger partial charge >= 0.3 is 5.97 Å². The van der Waals surface area contributed by atoms with Crippen molar-refractivity contribution in [3.8, 4) is 0 Å². The number of hydrogen-bond acceptors (Lipinski definition) is 6. The zero-order valence-electron chi connectivity index (χ0n) is 13.9. The van der Waals surface area contributed by atoms with Gasteiger partial charge in [0.25, 0.3) is 5.91 Å². The van der Waals surface area contributed by atoms with E-state index in [0.29, 0.717) is 18.2 Å². The Kier molecular flexibility index (Phi) is 4.64. The minimum absolute atomic E-state index is 0.0451. The van der Waals surface area contributed by atoms with Gasteiger partial charge in [0.05, 0.1) is 18.4 Å². The summed E-state index contributed by atoms with van der Waals surface area (Å²) in [5, 5.41) is 3.13. The maximum absolute atomic E-state index is 12.4.